The summed E-state index contributed by atoms with van der Waals surface area (Å²) in [4.78, 5) is 0. The quantitative estimate of drug-likeness (QED) is 0.602. The summed E-state index contributed by atoms with van der Waals surface area (Å²) in [6.45, 7) is -1.28. The van der Waals surface area contributed by atoms with Crippen LogP contribution >= 0.6 is 0 Å². The summed E-state index contributed by atoms with van der Waals surface area (Å²) in [5, 5.41) is 8.71. The van der Waals surface area contributed by atoms with Crippen LogP contribution in [0.2, 0.25) is 0 Å². The summed E-state index contributed by atoms with van der Waals surface area (Å²) in [6, 6.07) is 0. The van der Waals surface area contributed by atoms with Crippen LogP contribution in [0, 0.1) is 5.41 Å². The molecule has 0 atom stereocenters. The first-order valence-corrected chi connectivity index (χ1v) is 3.02. The van der Waals surface area contributed by atoms with Crippen LogP contribution in [-0.2, 0) is 0 Å². The number of alkyl halides is 2. The van der Waals surface area contributed by atoms with Gasteiger partial charge in [0.2, 0.25) is 0 Å². The highest BCUT2D eigenvalue weighted by molar-refractivity contribution is 4.92. The van der Waals surface area contributed by atoms with Crippen molar-refractivity contribution in [3.05, 3.63) is 0 Å². The fourth-order valence-electron chi connectivity index (χ4n) is 1.19. The topological polar surface area (TPSA) is 20.2 Å². The van der Waals surface area contributed by atoms with E-state index in [1.807, 2.05) is 0 Å². The first-order chi connectivity index (χ1) is 4.22. The van der Waals surface area contributed by atoms with Gasteiger partial charge in [-0.2, -0.15) is 0 Å². The molecule has 0 spiro atoms. The van der Waals surface area contributed by atoms with Crippen LogP contribution in [0.3, 0.4) is 0 Å². The molecule has 1 nitrogen and oxygen atoms in total. The Kier molecular flexibility index (Phi) is 1.70. The molecular formula is C6H10F2O. The first kappa shape index (κ1) is 6.93. The summed E-state index contributed by atoms with van der Waals surface area (Å²) in [6.07, 6.45) is 0.122. The molecule has 1 fully saturated rings. The molecule has 1 N–H and O–H groups in total. The summed E-state index contributed by atoms with van der Waals surface area (Å²) >= 11 is 0. The van der Waals surface area contributed by atoms with Crippen molar-refractivity contribution in [3.8, 4) is 0 Å². The molecule has 1 aliphatic carbocycles. The molecule has 0 aromatic heterocycles. The van der Waals surface area contributed by atoms with Gasteiger partial charge >= 0.3 is 0 Å². The molecule has 1 aliphatic rings. The molecule has 0 bridgehead atoms. The van der Waals surface area contributed by atoms with Crippen molar-refractivity contribution < 1.29 is 13.9 Å². The minimum absolute atomic E-state index is 0.292. The molecular weight excluding hydrogens is 126 g/mol. The average Bonchev–Trinajstić information content (AvgIpc) is 1.81. The molecule has 9 heavy (non-hydrogen) atoms. The van der Waals surface area contributed by atoms with Gasteiger partial charge in [0.25, 0.3) is 0 Å². The molecule has 0 amide bonds. The van der Waals surface area contributed by atoms with E-state index >= 15 is 0 Å². The predicted octanol–water partition coefficient (Wildman–Crippen LogP) is 1.07. The predicted molar refractivity (Wildman–Crippen MR) is 29.6 cm³/mol. The number of hydrogen-bond acceptors (Lipinski definition) is 1. The summed E-state index contributed by atoms with van der Waals surface area (Å²) in [5.41, 5.74) is -0.806. The van der Waals surface area contributed by atoms with Gasteiger partial charge in [0.05, 0.1) is 19.5 Å². The fourth-order valence-corrected chi connectivity index (χ4v) is 1.19. The third-order valence-corrected chi connectivity index (χ3v) is 1.90. The largest absolute Gasteiger partial charge is 0.393 e. The number of aliphatic hydroxyl groups is 1. The smallest absolute Gasteiger partial charge is 0.0977 e. The van der Waals surface area contributed by atoms with E-state index in [9.17, 15) is 8.78 Å². The lowest BCUT2D eigenvalue weighted by Crippen LogP contribution is -2.44. The summed E-state index contributed by atoms with van der Waals surface area (Å²) < 4.78 is 23.8. The Balaban J connectivity index is 2.36. The second-order valence-electron chi connectivity index (χ2n) is 2.83. The Morgan fingerprint density at radius 3 is 1.89 bits per heavy atom. The summed E-state index contributed by atoms with van der Waals surface area (Å²) in [7, 11) is 0. The number of halogens is 2. The van der Waals surface area contributed by atoms with Gasteiger partial charge < -0.3 is 5.11 Å². The van der Waals surface area contributed by atoms with E-state index in [1.165, 1.54) is 0 Å². The number of hydrogen-bond donors (Lipinski definition) is 1. The van der Waals surface area contributed by atoms with E-state index in [-0.39, 0.29) is 0 Å². The maximum atomic E-state index is 11.9. The zero-order valence-corrected chi connectivity index (χ0v) is 5.11. The maximum Gasteiger partial charge on any atom is 0.0977 e. The van der Waals surface area contributed by atoms with Gasteiger partial charge in [-0.1, -0.05) is 0 Å². The highest BCUT2D eigenvalue weighted by Gasteiger charge is 2.43. The van der Waals surface area contributed by atoms with Crippen LogP contribution in [-0.4, -0.2) is 24.6 Å². The highest BCUT2D eigenvalue weighted by atomic mass is 19.1. The van der Waals surface area contributed by atoms with Crippen LogP contribution in [0.5, 0.6) is 0 Å². The van der Waals surface area contributed by atoms with Crippen LogP contribution in [0.4, 0.5) is 8.78 Å². The van der Waals surface area contributed by atoms with Gasteiger partial charge in [-0.25, -0.2) is 0 Å². The molecule has 0 aliphatic heterocycles. The van der Waals surface area contributed by atoms with Gasteiger partial charge in [-0.05, 0) is 12.8 Å². The van der Waals surface area contributed by atoms with Crippen molar-refractivity contribution in [2.75, 3.05) is 13.3 Å². The van der Waals surface area contributed by atoms with Crippen LogP contribution in [0.15, 0.2) is 0 Å². The summed E-state index contributed by atoms with van der Waals surface area (Å²) in [5.74, 6) is 0. The van der Waals surface area contributed by atoms with Crippen molar-refractivity contribution in [1.29, 1.82) is 0 Å². The molecule has 0 heterocycles. The third-order valence-electron chi connectivity index (χ3n) is 1.90. The van der Waals surface area contributed by atoms with E-state index in [1.54, 1.807) is 0 Å². The van der Waals surface area contributed by atoms with E-state index < -0.39 is 24.9 Å². The Labute approximate surface area is 52.7 Å². The zero-order valence-electron chi connectivity index (χ0n) is 5.11. The molecule has 0 aromatic carbocycles. The van der Waals surface area contributed by atoms with Crippen molar-refractivity contribution in [1.82, 2.24) is 0 Å². The van der Waals surface area contributed by atoms with Gasteiger partial charge in [0, 0.05) is 5.41 Å². The lowest BCUT2D eigenvalue weighted by Gasteiger charge is -2.40. The van der Waals surface area contributed by atoms with Crippen LogP contribution < -0.4 is 0 Å². The molecule has 0 aromatic rings. The van der Waals surface area contributed by atoms with Gasteiger partial charge in [0.15, 0.2) is 0 Å². The van der Waals surface area contributed by atoms with E-state index in [0.29, 0.717) is 12.8 Å². The van der Waals surface area contributed by atoms with Crippen molar-refractivity contribution >= 4 is 0 Å². The third kappa shape index (κ3) is 1.06. The maximum absolute atomic E-state index is 11.9. The van der Waals surface area contributed by atoms with Crippen molar-refractivity contribution in [3.63, 3.8) is 0 Å². The van der Waals surface area contributed by atoms with E-state index in [4.69, 9.17) is 5.11 Å². The molecule has 1 saturated carbocycles. The van der Waals surface area contributed by atoms with E-state index in [2.05, 4.69) is 0 Å². The van der Waals surface area contributed by atoms with Crippen molar-refractivity contribution in [2.24, 2.45) is 5.41 Å². The fraction of sp³-hybridized carbons (Fsp3) is 1.00. The number of aliphatic hydroxyl groups excluding tert-OH is 1. The molecule has 3 heteroatoms. The minimum atomic E-state index is -0.806. The zero-order chi connectivity index (χ0) is 6.91. The SMILES string of the molecule is OC1CC(CF)(CF)C1. The molecule has 54 valence electrons. The standard InChI is InChI=1S/C6H10F2O/c7-3-6(4-8)1-5(9)2-6/h5,9H,1-4H2. The monoisotopic (exact) mass is 136 g/mol. The Morgan fingerprint density at radius 1 is 1.33 bits per heavy atom. The minimum Gasteiger partial charge on any atom is -0.393 e. The normalized spacial score (nSPS) is 25.7. The Hall–Kier alpha value is -0.180. The molecule has 0 unspecified atom stereocenters. The molecule has 0 radical (unpaired) electrons. The van der Waals surface area contributed by atoms with Gasteiger partial charge in [-0.3, -0.25) is 8.78 Å². The second kappa shape index (κ2) is 2.21. The first-order valence-electron chi connectivity index (χ1n) is 3.02. The Bertz CT molecular complexity index is 93.2. The lowest BCUT2D eigenvalue weighted by atomic mass is 9.69. The van der Waals surface area contributed by atoms with Crippen LogP contribution in [0.1, 0.15) is 12.8 Å². The number of rotatable bonds is 2. The van der Waals surface area contributed by atoms with Gasteiger partial charge in [0.1, 0.15) is 0 Å². The van der Waals surface area contributed by atoms with Crippen molar-refractivity contribution in [2.45, 2.75) is 18.9 Å². The van der Waals surface area contributed by atoms with Gasteiger partial charge in [-0.15, -0.1) is 0 Å². The lowest BCUT2D eigenvalue weighted by molar-refractivity contribution is -0.0592. The van der Waals surface area contributed by atoms with E-state index in [0.717, 1.165) is 0 Å². The highest BCUT2D eigenvalue weighted by Crippen LogP contribution is 2.41. The second-order valence-corrected chi connectivity index (χ2v) is 2.83. The molecule has 0 saturated heterocycles. The Morgan fingerprint density at radius 2 is 1.78 bits per heavy atom. The molecule has 1 rings (SSSR count). The average molecular weight is 136 g/mol. The van der Waals surface area contributed by atoms with Crippen LogP contribution in [0.25, 0.3) is 0 Å².